The molecule has 0 unspecified atom stereocenters. The van der Waals surface area contributed by atoms with Gasteiger partial charge >= 0.3 is 17.9 Å². The molecule has 0 spiro atoms. The highest BCUT2D eigenvalue weighted by atomic mass is 16.8. The van der Waals surface area contributed by atoms with Crippen LogP contribution in [0.1, 0.15) is 6.42 Å². The third-order valence-corrected chi connectivity index (χ3v) is 2.01. The molecule has 0 rings (SSSR count). The van der Waals surface area contributed by atoms with Crippen molar-refractivity contribution in [1.82, 2.24) is 0 Å². The van der Waals surface area contributed by atoms with E-state index in [2.05, 4.69) is 24.5 Å². The third kappa shape index (κ3) is 7.33. The maximum atomic E-state index is 11.3. The van der Waals surface area contributed by atoms with E-state index in [1.807, 2.05) is 0 Å². The molecule has 0 fully saturated rings. The van der Waals surface area contributed by atoms with Crippen molar-refractivity contribution in [2.45, 2.75) is 18.2 Å². The van der Waals surface area contributed by atoms with Crippen LogP contribution >= 0.6 is 0 Å². The van der Waals surface area contributed by atoms with Crippen molar-refractivity contribution >= 4 is 17.9 Å². The zero-order chi connectivity index (χ0) is 17.4. The molecule has 0 aliphatic carbocycles. The van der Waals surface area contributed by atoms with Crippen LogP contribution in [0, 0.1) is 0 Å². The van der Waals surface area contributed by atoms with E-state index in [0.717, 1.165) is 6.08 Å². The van der Waals surface area contributed by atoms with Gasteiger partial charge in [-0.25, -0.2) is 14.4 Å². The Balaban J connectivity index is 5.54. The van der Waals surface area contributed by atoms with Crippen molar-refractivity contribution in [2.75, 3.05) is 6.61 Å². The van der Waals surface area contributed by atoms with Crippen molar-refractivity contribution in [1.29, 1.82) is 0 Å². The van der Waals surface area contributed by atoms with Gasteiger partial charge in [0.2, 0.25) is 0 Å². The Hall–Kier alpha value is -2.49. The van der Waals surface area contributed by atoms with E-state index in [1.165, 1.54) is 0 Å². The SMILES string of the molecule is C=CC(=O)OCC(CC(O)(O)O)(OC(=O)C=C)OC(=O)C=C. The number of hydrogen-bond donors (Lipinski definition) is 3. The summed E-state index contributed by atoms with van der Waals surface area (Å²) < 4.78 is 14.0. The summed E-state index contributed by atoms with van der Waals surface area (Å²) in [4.78, 5) is 33.8. The van der Waals surface area contributed by atoms with Gasteiger partial charge in [-0.15, -0.1) is 0 Å². The second-order valence-corrected chi connectivity index (χ2v) is 3.92. The maximum Gasteiger partial charge on any atom is 0.333 e. The summed E-state index contributed by atoms with van der Waals surface area (Å²) in [6.45, 7) is 8.39. The Bertz CT molecular complexity index is 450. The van der Waals surface area contributed by atoms with Gasteiger partial charge in [0.1, 0.15) is 6.42 Å². The Morgan fingerprint density at radius 2 is 1.27 bits per heavy atom. The smallest absolute Gasteiger partial charge is 0.333 e. The molecule has 0 aromatic rings. The number of ether oxygens (including phenoxy) is 3. The minimum absolute atomic E-state index is 0.680. The van der Waals surface area contributed by atoms with E-state index in [4.69, 9.17) is 24.8 Å². The maximum absolute atomic E-state index is 11.3. The summed E-state index contributed by atoms with van der Waals surface area (Å²) in [5.41, 5.74) is 0. The Labute approximate surface area is 125 Å². The van der Waals surface area contributed by atoms with E-state index in [9.17, 15) is 14.4 Å². The standard InChI is InChI=1S/C13H16O9/c1-4-9(14)20-8-12(7-13(17,18)19,21-10(15)5-2)22-11(16)6-3/h4-6,17-19H,1-3,7-8H2. The van der Waals surface area contributed by atoms with Crippen LogP contribution in [0.15, 0.2) is 38.0 Å². The highest BCUT2D eigenvalue weighted by Crippen LogP contribution is 2.25. The molecule has 0 atom stereocenters. The number of hydrogen-bond acceptors (Lipinski definition) is 9. The van der Waals surface area contributed by atoms with Gasteiger partial charge in [0.25, 0.3) is 11.8 Å². The minimum Gasteiger partial charge on any atom is -0.454 e. The number of aliphatic hydroxyl groups is 3. The first kappa shape index (κ1) is 19.5. The molecule has 0 aromatic carbocycles. The van der Waals surface area contributed by atoms with Crippen LogP contribution in [0.3, 0.4) is 0 Å². The van der Waals surface area contributed by atoms with Crippen molar-refractivity contribution in [3.05, 3.63) is 38.0 Å². The average Bonchev–Trinajstić information content (AvgIpc) is 2.42. The summed E-state index contributed by atoms with van der Waals surface area (Å²) in [7, 11) is 0. The molecule has 3 N–H and O–H groups in total. The molecular formula is C13H16O9. The second-order valence-electron chi connectivity index (χ2n) is 3.92. The van der Waals surface area contributed by atoms with Gasteiger partial charge in [-0.3, -0.25) is 0 Å². The highest BCUT2D eigenvalue weighted by molar-refractivity contribution is 5.84. The fourth-order valence-corrected chi connectivity index (χ4v) is 1.25. The monoisotopic (exact) mass is 316 g/mol. The number of carbonyl (C=O) groups excluding carboxylic acids is 3. The van der Waals surface area contributed by atoms with Crippen LogP contribution in [0.25, 0.3) is 0 Å². The highest BCUT2D eigenvalue weighted by Gasteiger charge is 2.46. The van der Waals surface area contributed by atoms with Crippen LogP contribution in [-0.4, -0.2) is 51.6 Å². The molecule has 0 heterocycles. The first-order valence-electron chi connectivity index (χ1n) is 5.74. The fourth-order valence-electron chi connectivity index (χ4n) is 1.25. The average molecular weight is 316 g/mol. The lowest BCUT2D eigenvalue weighted by atomic mass is 10.1. The second kappa shape index (κ2) is 8.08. The molecule has 22 heavy (non-hydrogen) atoms. The molecule has 122 valence electrons. The van der Waals surface area contributed by atoms with E-state index in [1.54, 1.807) is 0 Å². The first-order valence-corrected chi connectivity index (χ1v) is 5.74. The van der Waals surface area contributed by atoms with Gasteiger partial charge in [0.05, 0.1) is 0 Å². The van der Waals surface area contributed by atoms with Crippen LogP contribution in [0.5, 0.6) is 0 Å². The molecule has 9 heteroatoms. The molecule has 0 saturated carbocycles. The summed E-state index contributed by atoms with van der Waals surface area (Å²) in [6, 6.07) is 0. The molecular weight excluding hydrogens is 300 g/mol. The van der Waals surface area contributed by atoms with Gasteiger partial charge in [-0.1, -0.05) is 19.7 Å². The molecule has 9 nitrogen and oxygen atoms in total. The van der Waals surface area contributed by atoms with Gasteiger partial charge in [-0.2, -0.15) is 0 Å². The molecule has 0 radical (unpaired) electrons. The summed E-state index contributed by atoms with van der Waals surface area (Å²) in [6.07, 6.45) is 0.891. The van der Waals surface area contributed by atoms with Crippen LogP contribution in [0.4, 0.5) is 0 Å². The van der Waals surface area contributed by atoms with Gasteiger partial charge in [-0.05, 0) is 0 Å². The zero-order valence-corrected chi connectivity index (χ0v) is 11.6. The fraction of sp³-hybridized carbons (Fsp3) is 0.308. The number of rotatable bonds is 9. The lowest BCUT2D eigenvalue weighted by Gasteiger charge is -2.33. The van der Waals surface area contributed by atoms with E-state index >= 15 is 0 Å². The first-order chi connectivity index (χ1) is 10.1. The largest absolute Gasteiger partial charge is 0.454 e. The van der Waals surface area contributed by atoms with Crippen molar-refractivity contribution in [3.8, 4) is 0 Å². The summed E-state index contributed by atoms with van der Waals surface area (Å²) in [5, 5.41) is 27.2. The normalized spacial score (nSPS) is 11.0. The van der Waals surface area contributed by atoms with Gasteiger partial charge in [0.15, 0.2) is 6.61 Å². The van der Waals surface area contributed by atoms with Gasteiger partial charge < -0.3 is 29.5 Å². The van der Waals surface area contributed by atoms with Gasteiger partial charge in [0, 0.05) is 18.2 Å². The third-order valence-electron chi connectivity index (χ3n) is 2.01. The Kier molecular flexibility index (Phi) is 7.16. The van der Waals surface area contributed by atoms with E-state index in [-0.39, 0.29) is 0 Å². The zero-order valence-electron chi connectivity index (χ0n) is 11.6. The van der Waals surface area contributed by atoms with Crippen molar-refractivity contribution < 1.29 is 43.9 Å². The predicted octanol–water partition coefficient (Wildman–Crippen LogP) is -1.11. The minimum atomic E-state index is -3.40. The Morgan fingerprint density at radius 3 is 1.59 bits per heavy atom. The molecule has 0 aliphatic heterocycles. The van der Waals surface area contributed by atoms with Crippen molar-refractivity contribution in [3.63, 3.8) is 0 Å². The predicted molar refractivity (Wildman–Crippen MR) is 70.5 cm³/mol. The molecule has 0 saturated heterocycles. The van der Waals surface area contributed by atoms with E-state index < -0.39 is 42.7 Å². The quantitative estimate of drug-likeness (QED) is 0.274. The van der Waals surface area contributed by atoms with Crippen LogP contribution < -0.4 is 0 Å². The van der Waals surface area contributed by atoms with Crippen LogP contribution in [0.2, 0.25) is 0 Å². The Morgan fingerprint density at radius 1 is 0.864 bits per heavy atom. The van der Waals surface area contributed by atoms with Crippen LogP contribution in [-0.2, 0) is 28.6 Å². The molecule has 0 amide bonds. The lowest BCUT2D eigenvalue weighted by molar-refractivity contribution is -0.357. The molecule has 0 aliphatic rings. The molecule has 0 aromatic heterocycles. The summed E-state index contributed by atoms with van der Waals surface area (Å²) >= 11 is 0. The lowest BCUT2D eigenvalue weighted by Crippen LogP contribution is -2.50. The number of carbonyl (C=O) groups is 3. The van der Waals surface area contributed by atoms with E-state index in [0.29, 0.717) is 12.2 Å². The number of esters is 3. The summed E-state index contributed by atoms with van der Waals surface area (Å²) in [5.74, 6) is -9.18. The topological polar surface area (TPSA) is 140 Å². The molecule has 0 bridgehead atoms. The van der Waals surface area contributed by atoms with Crippen molar-refractivity contribution in [2.24, 2.45) is 0 Å².